The highest BCUT2D eigenvalue weighted by atomic mass is 35.5. The largest absolute Gasteiger partial charge is 0.308 e. The van der Waals surface area contributed by atoms with E-state index in [1.165, 1.54) is 12.1 Å². The number of nitrogen functional groups attached to an aromatic ring is 1. The number of aromatic nitrogens is 2. The van der Waals surface area contributed by atoms with E-state index >= 15 is 0 Å². The van der Waals surface area contributed by atoms with E-state index in [2.05, 4.69) is 15.4 Å². The van der Waals surface area contributed by atoms with Crippen molar-refractivity contribution >= 4 is 17.4 Å². The normalized spacial score (nSPS) is 10.5. The summed E-state index contributed by atoms with van der Waals surface area (Å²) in [5, 5.41) is 0.300. The van der Waals surface area contributed by atoms with Crippen LogP contribution in [0.3, 0.4) is 0 Å². The summed E-state index contributed by atoms with van der Waals surface area (Å²) in [7, 11) is 0. The summed E-state index contributed by atoms with van der Waals surface area (Å²) in [5.74, 6) is 5.85. The Kier molecular flexibility index (Phi) is 3.45. The molecule has 0 amide bonds. The Hall–Kier alpha value is -1.72. The minimum absolute atomic E-state index is 0.300. The van der Waals surface area contributed by atoms with Crippen LogP contribution in [0.4, 0.5) is 10.2 Å². The molecule has 0 saturated carbocycles. The molecule has 3 N–H and O–H groups in total. The fourth-order valence-corrected chi connectivity index (χ4v) is 1.80. The Balaban J connectivity index is 2.60. The number of rotatable bonds is 2. The van der Waals surface area contributed by atoms with Gasteiger partial charge >= 0.3 is 0 Å². The molecule has 6 heteroatoms. The number of aryl methyl sites for hydroxylation is 1. The second-order valence-electron chi connectivity index (χ2n) is 3.91. The van der Waals surface area contributed by atoms with Crippen molar-refractivity contribution < 1.29 is 4.39 Å². The number of nitrogens with zero attached hydrogens (tertiary/aromatic N) is 2. The third-order valence-electron chi connectivity index (χ3n) is 2.65. The van der Waals surface area contributed by atoms with Gasteiger partial charge in [0.05, 0.1) is 0 Å². The molecule has 0 aliphatic rings. The van der Waals surface area contributed by atoms with E-state index in [4.69, 9.17) is 17.4 Å². The van der Waals surface area contributed by atoms with Crippen molar-refractivity contribution in [2.45, 2.75) is 13.8 Å². The van der Waals surface area contributed by atoms with Gasteiger partial charge in [0.1, 0.15) is 11.6 Å². The molecule has 2 aromatic rings. The van der Waals surface area contributed by atoms with Crippen LogP contribution in [0.2, 0.25) is 5.02 Å². The first-order valence-electron chi connectivity index (χ1n) is 5.29. The number of nitrogens with one attached hydrogen (secondary N) is 1. The van der Waals surface area contributed by atoms with Gasteiger partial charge in [0.15, 0.2) is 5.82 Å². The van der Waals surface area contributed by atoms with Crippen molar-refractivity contribution in [2.75, 3.05) is 5.43 Å². The number of halogens is 2. The Morgan fingerprint density at radius 2 is 1.94 bits per heavy atom. The molecule has 0 bridgehead atoms. The molecule has 0 saturated heterocycles. The maximum absolute atomic E-state index is 13.3. The molecule has 0 aliphatic carbocycles. The molecule has 1 aromatic heterocycles. The highest BCUT2D eigenvalue weighted by Gasteiger charge is 2.10. The SMILES string of the molecule is Cc1nc(-c2cc(F)cc(Cl)c2)nc(NN)c1C. The lowest BCUT2D eigenvalue weighted by atomic mass is 10.2. The number of hydrazine groups is 1. The lowest BCUT2D eigenvalue weighted by Gasteiger charge is -2.09. The minimum atomic E-state index is -0.429. The van der Waals surface area contributed by atoms with Crippen LogP contribution in [0.15, 0.2) is 18.2 Å². The first-order valence-corrected chi connectivity index (χ1v) is 5.67. The number of anilines is 1. The summed E-state index contributed by atoms with van der Waals surface area (Å²) >= 11 is 5.81. The molecule has 1 aromatic carbocycles. The monoisotopic (exact) mass is 266 g/mol. The van der Waals surface area contributed by atoms with Gasteiger partial charge in [0, 0.05) is 21.8 Å². The van der Waals surface area contributed by atoms with Crippen LogP contribution in [0.25, 0.3) is 11.4 Å². The van der Waals surface area contributed by atoms with Crippen LogP contribution in [0, 0.1) is 19.7 Å². The van der Waals surface area contributed by atoms with Crippen LogP contribution in [-0.2, 0) is 0 Å². The van der Waals surface area contributed by atoms with Gasteiger partial charge in [-0.2, -0.15) is 0 Å². The summed E-state index contributed by atoms with van der Waals surface area (Å²) in [6, 6.07) is 4.17. The molecule has 0 fully saturated rings. The lowest BCUT2D eigenvalue weighted by molar-refractivity contribution is 0.628. The number of nitrogens with two attached hydrogens (primary N) is 1. The zero-order valence-electron chi connectivity index (χ0n) is 9.96. The van der Waals surface area contributed by atoms with Gasteiger partial charge < -0.3 is 5.43 Å². The molecule has 18 heavy (non-hydrogen) atoms. The van der Waals surface area contributed by atoms with Gasteiger partial charge in [-0.1, -0.05) is 11.6 Å². The standard InChI is InChI=1S/C12H12ClFN4/c1-6-7(2)16-12(17-11(6)18-15)8-3-9(13)5-10(14)4-8/h3-5H,15H2,1-2H3,(H,16,17,18). The number of hydrogen-bond acceptors (Lipinski definition) is 4. The summed E-state index contributed by atoms with van der Waals surface area (Å²) in [6.07, 6.45) is 0. The van der Waals surface area contributed by atoms with Crippen molar-refractivity contribution in [3.05, 3.63) is 40.3 Å². The zero-order chi connectivity index (χ0) is 13.3. The van der Waals surface area contributed by atoms with Crippen LogP contribution >= 0.6 is 11.6 Å². The van der Waals surface area contributed by atoms with Crippen LogP contribution < -0.4 is 11.3 Å². The molecule has 4 nitrogen and oxygen atoms in total. The highest BCUT2D eigenvalue weighted by molar-refractivity contribution is 6.30. The molecule has 0 spiro atoms. The summed E-state index contributed by atoms with van der Waals surface area (Å²) < 4.78 is 13.3. The van der Waals surface area contributed by atoms with Crippen molar-refractivity contribution in [3.8, 4) is 11.4 Å². The average Bonchev–Trinajstić information content (AvgIpc) is 2.31. The molecule has 94 valence electrons. The van der Waals surface area contributed by atoms with E-state index in [9.17, 15) is 4.39 Å². The Labute approximate surface area is 109 Å². The van der Waals surface area contributed by atoms with E-state index in [0.29, 0.717) is 22.2 Å². The van der Waals surface area contributed by atoms with Gasteiger partial charge in [0.25, 0.3) is 0 Å². The van der Waals surface area contributed by atoms with Crippen LogP contribution in [-0.4, -0.2) is 9.97 Å². The molecule has 1 heterocycles. The van der Waals surface area contributed by atoms with Crippen molar-refractivity contribution in [3.63, 3.8) is 0 Å². The fourth-order valence-electron chi connectivity index (χ4n) is 1.58. The second-order valence-corrected chi connectivity index (χ2v) is 4.35. The topological polar surface area (TPSA) is 63.8 Å². The second kappa shape index (κ2) is 4.88. The Morgan fingerprint density at radius 3 is 2.56 bits per heavy atom. The third-order valence-corrected chi connectivity index (χ3v) is 2.86. The van der Waals surface area contributed by atoms with Gasteiger partial charge in [-0.25, -0.2) is 20.2 Å². The van der Waals surface area contributed by atoms with E-state index in [-0.39, 0.29) is 0 Å². The van der Waals surface area contributed by atoms with Gasteiger partial charge in [0.2, 0.25) is 0 Å². The smallest absolute Gasteiger partial charge is 0.161 e. The minimum Gasteiger partial charge on any atom is -0.308 e. The number of hydrogen-bond donors (Lipinski definition) is 2. The first kappa shape index (κ1) is 12.7. The molecule has 0 aliphatic heterocycles. The van der Waals surface area contributed by atoms with E-state index in [0.717, 1.165) is 11.3 Å². The van der Waals surface area contributed by atoms with Gasteiger partial charge in [-0.05, 0) is 32.0 Å². The van der Waals surface area contributed by atoms with Crippen molar-refractivity contribution in [2.24, 2.45) is 5.84 Å². The summed E-state index contributed by atoms with van der Waals surface area (Å²) in [4.78, 5) is 8.53. The Bertz CT molecular complexity index is 581. The average molecular weight is 267 g/mol. The maximum atomic E-state index is 13.3. The van der Waals surface area contributed by atoms with Crippen LogP contribution in [0.5, 0.6) is 0 Å². The van der Waals surface area contributed by atoms with E-state index in [1.807, 2.05) is 13.8 Å². The van der Waals surface area contributed by atoms with E-state index in [1.54, 1.807) is 6.07 Å². The summed E-state index contributed by atoms with van der Waals surface area (Å²) in [5.41, 5.74) is 4.63. The molecule has 0 radical (unpaired) electrons. The van der Waals surface area contributed by atoms with Crippen LogP contribution in [0.1, 0.15) is 11.3 Å². The Morgan fingerprint density at radius 1 is 1.22 bits per heavy atom. The van der Waals surface area contributed by atoms with Crippen molar-refractivity contribution in [1.29, 1.82) is 0 Å². The predicted octanol–water partition coefficient (Wildman–Crippen LogP) is 2.84. The predicted molar refractivity (Wildman–Crippen MR) is 69.7 cm³/mol. The van der Waals surface area contributed by atoms with Crippen molar-refractivity contribution in [1.82, 2.24) is 9.97 Å². The third kappa shape index (κ3) is 2.42. The molecule has 2 rings (SSSR count). The zero-order valence-corrected chi connectivity index (χ0v) is 10.7. The molecule has 0 unspecified atom stereocenters. The summed E-state index contributed by atoms with van der Waals surface area (Å²) in [6.45, 7) is 3.69. The fraction of sp³-hybridized carbons (Fsp3) is 0.167. The molecular weight excluding hydrogens is 255 g/mol. The van der Waals surface area contributed by atoms with Gasteiger partial charge in [-0.3, -0.25) is 0 Å². The highest BCUT2D eigenvalue weighted by Crippen LogP contribution is 2.24. The molecular formula is C12H12ClFN4. The number of benzene rings is 1. The maximum Gasteiger partial charge on any atom is 0.161 e. The lowest BCUT2D eigenvalue weighted by Crippen LogP contribution is -2.12. The van der Waals surface area contributed by atoms with Gasteiger partial charge in [-0.15, -0.1) is 0 Å². The molecule has 0 atom stereocenters. The van der Waals surface area contributed by atoms with E-state index < -0.39 is 5.82 Å². The first-order chi connectivity index (χ1) is 8.51. The quantitative estimate of drug-likeness (QED) is 0.648.